The van der Waals surface area contributed by atoms with E-state index in [2.05, 4.69) is 5.32 Å². The highest BCUT2D eigenvalue weighted by molar-refractivity contribution is 5.68. The number of carbonyl (C=O) groups is 1. The molecular formula is C14H27NO4. The lowest BCUT2D eigenvalue weighted by atomic mass is 9.82. The maximum atomic E-state index is 11.7. The molecule has 0 radical (unpaired) electrons. The minimum Gasteiger partial charge on any atom is -0.444 e. The van der Waals surface area contributed by atoms with Crippen molar-refractivity contribution < 1.29 is 19.4 Å². The third-order valence-electron chi connectivity index (χ3n) is 3.47. The van der Waals surface area contributed by atoms with Crippen LogP contribution in [0.4, 0.5) is 4.79 Å². The molecule has 2 N–H and O–H groups in total. The molecule has 0 bridgehead atoms. The number of hydrogen-bond donors (Lipinski definition) is 2. The predicted octanol–water partition coefficient (Wildman–Crippen LogP) is 2.08. The minimum absolute atomic E-state index is 0.0691. The molecule has 1 amide bonds. The Labute approximate surface area is 115 Å². The summed E-state index contributed by atoms with van der Waals surface area (Å²) < 4.78 is 10.6. The van der Waals surface area contributed by atoms with Gasteiger partial charge in [-0.15, -0.1) is 0 Å². The maximum Gasteiger partial charge on any atom is 0.407 e. The van der Waals surface area contributed by atoms with Gasteiger partial charge in [-0.2, -0.15) is 0 Å². The lowest BCUT2D eigenvalue weighted by Crippen LogP contribution is -2.46. The maximum absolute atomic E-state index is 11.7. The highest BCUT2D eigenvalue weighted by atomic mass is 16.6. The molecule has 1 aliphatic rings. The monoisotopic (exact) mass is 273 g/mol. The normalized spacial score (nSPS) is 25.7. The van der Waals surface area contributed by atoms with Gasteiger partial charge in [-0.25, -0.2) is 4.79 Å². The second-order valence-corrected chi connectivity index (χ2v) is 6.22. The van der Waals surface area contributed by atoms with Crippen LogP contribution < -0.4 is 5.32 Å². The van der Waals surface area contributed by atoms with Crippen molar-refractivity contribution in [2.24, 2.45) is 5.92 Å². The van der Waals surface area contributed by atoms with E-state index < -0.39 is 11.7 Å². The first kappa shape index (κ1) is 16.2. The van der Waals surface area contributed by atoms with Gasteiger partial charge in [0.15, 0.2) is 0 Å². The minimum atomic E-state index is -0.522. The third-order valence-corrected chi connectivity index (χ3v) is 3.47. The molecule has 0 aliphatic heterocycles. The molecule has 3 unspecified atom stereocenters. The highest BCUT2D eigenvalue weighted by Gasteiger charge is 2.30. The Hall–Kier alpha value is -0.810. The molecule has 1 fully saturated rings. The smallest absolute Gasteiger partial charge is 0.407 e. The molecule has 5 nitrogen and oxygen atoms in total. The molecule has 0 aromatic heterocycles. The molecule has 0 heterocycles. The number of methoxy groups -OCH3 is 1. The fraction of sp³-hybridized carbons (Fsp3) is 0.929. The van der Waals surface area contributed by atoms with Gasteiger partial charge in [0.05, 0.1) is 18.8 Å². The first-order valence-electron chi connectivity index (χ1n) is 6.99. The third kappa shape index (κ3) is 5.78. The molecule has 112 valence electrons. The molecule has 19 heavy (non-hydrogen) atoms. The fourth-order valence-corrected chi connectivity index (χ4v) is 2.53. The summed E-state index contributed by atoms with van der Waals surface area (Å²) in [4.78, 5) is 11.7. The largest absolute Gasteiger partial charge is 0.444 e. The van der Waals surface area contributed by atoms with E-state index in [1.165, 1.54) is 0 Å². The molecule has 0 saturated heterocycles. The van der Waals surface area contributed by atoms with E-state index in [0.717, 1.165) is 25.7 Å². The number of alkyl carbamates (subject to hydrolysis) is 1. The molecule has 0 aromatic carbocycles. The summed E-state index contributed by atoms with van der Waals surface area (Å²) >= 11 is 0. The van der Waals surface area contributed by atoms with E-state index in [1.54, 1.807) is 7.11 Å². The lowest BCUT2D eigenvalue weighted by Gasteiger charge is -2.33. The van der Waals surface area contributed by atoms with Gasteiger partial charge in [0, 0.05) is 7.11 Å². The van der Waals surface area contributed by atoms with Crippen LogP contribution in [0.5, 0.6) is 0 Å². The molecule has 1 saturated carbocycles. The van der Waals surface area contributed by atoms with Gasteiger partial charge in [0.2, 0.25) is 0 Å². The number of carbonyl (C=O) groups excluding carboxylic acids is 1. The Bertz CT molecular complexity index is 288. The van der Waals surface area contributed by atoms with Crippen LogP contribution in [0.25, 0.3) is 0 Å². The van der Waals surface area contributed by atoms with E-state index in [1.807, 2.05) is 20.8 Å². The Morgan fingerprint density at radius 2 is 2.11 bits per heavy atom. The molecule has 0 spiro atoms. The first-order valence-corrected chi connectivity index (χ1v) is 6.99. The van der Waals surface area contributed by atoms with Crippen LogP contribution in [-0.2, 0) is 9.47 Å². The summed E-state index contributed by atoms with van der Waals surface area (Å²) in [5.74, 6) is 0.246. The van der Waals surface area contributed by atoms with Crippen molar-refractivity contribution in [2.75, 3.05) is 13.7 Å². The zero-order valence-corrected chi connectivity index (χ0v) is 12.4. The molecule has 1 aliphatic carbocycles. The van der Waals surface area contributed by atoms with E-state index in [0.29, 0.717) is 0 Å². The molecule has 5 heteroatoms. The lowest BCUT2D eigenvalue weighted by molar-refractivity contribution is 0.0242. The first-order chi connectivity index (χ1) is 8.85. The summed E-state index contributed by atoms with van der Waals surface area (Å²) in [6.07, 6.45) is 3.75. The number of aliphatic hydroxyl groups excluding tert-OH is 1. The number of rotatable bonds is 4. The van der Waals surface area contributed by atoms with Crippen LogP contribution >= 0.6 is 0 Å². The second kappa shape index (κ2) is 7.10. The van der Waals surface area contributed by atoms with Gasteiger partial charge in [0.25, 0.3) is 0 Å². The van der Waals surface area contributed by atoms with Gasteiger partial charge in [-0.1, -0.05) is 6.42 Å². The number of amides is 1. The Morgan fingerprint density at radius 1 is 1.42 bits per heavy atom. The Morgan fingerprint density at radius 3 is 2.63 bits per heavy atom. The Kier molecular flexibility index (Phi) is 6.07. The number of nitrogens with one attached hydrogen (secondary N) is 1. The number of aliphatic hydroxyl groups is 1. The highest BCUT2D eigenvalue weighted by Crippen LogP contribution is 2.28. The van der Waals surface area contributed by atoms with E-state index in [4.69, 9.17) is 9.47 Å². The zero-order chi connectivity index (χ0) is 14.5. The summed E-state index contributed by atoms with van der Waals surface area (Å²) in [6.45, 7) is 5.40. The van der Waals surface area contributed by atoms with Crippen LogP contribution in [0, 0.1) is 5.92 Å². The second-order valence-electron chi connectivity index (χ2n) is 6.22. The fourth-order valence-electron chi connectivity index (χ4n) is 2.53. The molecular weight excluding hydrogens is 246 g/mol. The van der Waals surface area contributed by atoms with Crippen molar-refractivity contribution in [2.45, 2.75) is 64.2 Å². The zero-order valence-electron chi connectivity index (χ0n) is 12.4. The predicted molar refractivity (Wildman–Crippen MR) is 73.0 cm³/mol. The number of hydrogen-bond acceptors (Lipinski definition) is 4. The van der Waals surface area contributed by atoms with Gasteiger partial charge >= 0.3 is 6.09 Å². The average molecular weight is 273 g/mol. The average Bonchev–Trinajstić information content (AvgIpc) is 2.34. The van der Waals surface area contributed by atoms with Crippen molar-refractivity contribution >= 4 is 6.09 Å². The van der Waals surface area contributed by atoms with Gasteiger partial charge in [-0.05, 0) is 46.0 Å². The van der Waals surface area contributed by atoms with Crippen molar-refractivity contribution in [3.63, 3.8) is 0 Å². The quantitative estimate of drug-likeness (QED) is 0.823. The molecule has 3 atom stereocenters. The van der Waals surface area contributed by atoms with Crippen molar-refractivity contribution in [3.05, 3.63) is 0 Å². The van der Waals surface area contributed by atoms with Gasteiger partial charge in [0.1, 0.15) is 5.60 Å². The van der Waals surface area contributed by atoms with Crippen LogP contribution in [0.1, 0.15) is 46.5 Å². The molecule has 1 rings (SSSR count). The van der Waals surface area contributed by atoms with Crippen LogP contribution in [0.15, 0.2) is 0 Å². The van der Waals surface area contributed by atoms with Crippen molar-refractivity contribution in [1.29, 1.82) is 0 Å². The van der Waals surface area contributed by atoms with Gasteiger partial charge < -0.3 is 19.9 Å². The summed E-state index contributed by atoms with van der Waals surface area (Å²) in [5, 5.41) is 12.2. The topological polar surface area (TPSA) is 67.8 Å². The van der Waals surface area contributed by atoms with E-state index in [9.17, 15) is 9.90 Å². The standard InChI is InChI=1S/C14H27NO4/c1-14(2,3)19-13(17)15-12(9-16)10-6-5-7-11(8-10)18-4/h10-12,16H,5-9H2,1-4H3,(H,15,17). The van der Waals surface area contributed by atoms with Crippen LogP contribution in [0.3, 0.4) is 0 Å². The Balaban J connectivity index is 2.50. The summed E-state index contributed by atoms with van der Waals surface area (Å²) in [6, 6.07) is -0.257. The van der Waals surface area contributed by atoms with E-state index >= 15 is 0 Å². The molecule has 0 aromatic rings. The van der Waals surface area contributed by atoms with Crippen molar-refractivity contribution in [1.82, 2.24) is 5.32 Å². The SMILES string of the molecule is COC1CCCC(C(CO)NC(=O)OC(C)(C)C)C1. The summed E-state index contributed by atoms with van der Waals surface area (Å²) in [7, 11) is 1.71. The van der Waals surface area contributed by atoms with E-state index in [-0.39, 0.29) is 24.7 Å². The number of ether oxygens (including phenoxy) is 2. The van der Waals surface area contributed by atoms with Crippen molar-refractivity contribution in [3.8, 4) is 0 Å². The summed E-state index contributed by atoms with van der Waals surface area (Å²) in [5.41, 5.74) is -0.522. The van der Waals surface area contributed by atoms with Crippen LogP contribution in [-0.4, -0.2) is 42.7 Å². The van der Waals surface area contributed by atoms with Crippen LogP contribution in [0.2, 0.25) is 0 Å². The van der Waals surface area contributed by atoms with Gasteiger partial charge in [-0.3, -0.25) is 0 Å².